The molecular weight excluding hydrogens is 466 g/mol. The third-order valence-corrected chi connectivity index (χ3v) is 6.57. The highest BCUT2D eigenvalue weighted by molar-refractivity contribution is 8.00. The van der Waals surface area contributed by atoms with E-state index in [0.29, 0.717) is 23.3 Å². The molecule has 174 valence electrons. The third kappa shape index (κ3) is 6.40. The van der Waals surface area contributed by atoms with Crippen molar-refractivity contribution in [2.45, 2.75) is 37.3 Å². The largest absolute Gasteiger partial charge is 0.378 e. The number of hydrogen-bond donors (Lipinski definition) is 2. The SMILES string of the molecule is Cc1ccc(NC(=O)[C@@H](C)Sc2nnc(CNc3ccc(Cl)cc3)n2Cc2ccccc2)cc1. The minimum absolute atomic E-state index is 0.0797. The van der Waals surface area contributed by atoms with Gasteiger partial charge in [0.1, 0.15) is 0 Å². The Hall–Kier alpha value is -3.29. The molecule has 1 atom stereocenters. The van der Waals surface area contributed by atoms with Crippen LogP contribution in [0.2, 0.25) is 5.02 Å². The summed E-state index contributed by atoms with van der Waals surface area (Å²) in [5, 5.41) is 16.2. The van der Waals surface area contributed by atoms with Crippen molar-refractivity contribution in [2.24, 2.45) is 0 Å². The highest BCUT2D eigenvalue weighted by atomic mass is 35.5. The van der Waals surface area contributed by atoms with Crippen molar-refractivity contribution < 1.29 is 4.79 Å². The molecule has 4 rings (SSSR count). The lowest BCUT2D eigenvalue weighted by Gasteiger charge is -2.14. The molecule has 34 heavy (non-hydrogen) atoms. The first-order valence-electron chi connectivity index (χ1n) is 11.0. The van der Waals surface area contributed by atoms with Gasteiger partial charge in [-0.1, -0.05) is 71.4 Å². The summed E-state index contributed by atoms with van der Waals surface area (Å²) in [6, 6.07) is 25.4. The fraction of sp³-hybridized carbons (Fsp3) is 0.192. The fourth-order valence-corrected chi connectivity index (χ4v) is 4.30. The highest BCUT2D eigenvalue weighted by Gasteiger charge is 2.20. The number of aryl methyl sites for hydroxylation is 1. The maximum atomic E-state index is 12.8. The first-order valence-corrected chi connectivity index (χ1v) is 12.2. The van der Waals surface area contributed by atoms with E-state index < -0.39 is 0 Å². The van der Waals surface area contributed by atoms with E-state index in [0.717, 1.165) is 28.3 Å². The zero-order valence-electron chi connectivity index (χ0n) is 19.0. The topological polar surface area (TPSA) is 71.8 Å². The summed E-state index contributed by atoms with van der Waals surface area (Å²) >= 11 is 7.39. The zero-order valence-corrected chi connectivity index (χ0v) is 20.6. The average molecular weight is 492 g/mol. The van der Waals surface area contributed by atoms with E-state index in [1.54, 1.807) is 0 Å². The number of hydrogen-bond acceptors (Lipinski definition) is 5. The normalized spacial score (nSPS) is 11.7. The molecule has 0 aliphatic carbocycles. The van der Waals surface area contributed by atoms with Crippen molar-refractivity contribution in [3.63, 3.8) is 0 Å². The molecule has 3 aromatic carbocycles. The summed E-state index contributed by atoms with van der Waals surface area (Å²) < 4.78 is 2.05. The summed E-state index contributed by atoms with van der Waals surface area (Å²) in [5.74, 6) is 0.705. The Morgan fingerprint density at radius 3 is 2.35 bits per heavy atom. The van der Waals surface area contributed by atoms with Crippen LogP contribution in [0, 0.1) is 6.92 Å². The Morgan fingerprint density at radius 2 is 1.65 bits per heavy atom. The van der Waals surface area contributed by atoms with Crippen molar-refractivity contribution in [1.82, 2.24) is 14.8 Å². The Morgan fingerprint density at radius 1 is 0.971 bits per heavy atom. The lowest BCUT2D eigenvalue weighted by Crippen LogP contribution is -2.23. The third-order valence-electron chi connectivity index (χ3n) is 5.24. The molecule has 0 saturated heterocycles. The Balaban J connectivity index is 1.50. The molecule has 0 aliphatic rings. The summed E-state index contributed by atoms with van der Waals surface area (Å²) in [7, 11) is 0. The smallest absolute Gasteiger partial charge is 0.237 e. The average Bonchev–Trinajstić information content (AvgIpc) is 3.21. The molecule has 0 radical (unpaired) electrons. The van der Waals surface area contributed by atoms with E-state index in [2.05, 4.69) is 37.5 Å². The number of carbonyl (C=O) groups excluding carboxylic acids is 1. The highest BCUT2D eigenvalue weighted by Crippen LogP contribution is 2.25. The van der Waals surface area contributed by atoms with Gasteiger partial charge in [0.2, 0.25) is 5.91 Å². The van der Waals surface area contributed by atoms with Crippen LogP contribution in [0.4, 0.5) is 11.4 Å². The molecule has 1 heterocycles. The second-order valence-electron chi connectivity index (χ2n) is 7.95. The van der Waals surface area contributed by atoms with Gasteiger partial charge in [-0.2, -0.15) is 0 Å². The van der Waals surface area contributed by atoms with Gasteiger partial charge in [0.15, 0.2) is 11.0 Å². The summed E-state index contributed by atoms with van der Waals surface area (Å²) in [6.45, 7) is 5.00. The van der Waals surface area contributed by atoms with Crippen LogP contribution in [0.3, 0.4) is 0 Å². The minimum Gasteiger partial charge on any atom is -0.378 e. The Bertz CT molecular complexity index is 1230. The molecule has 8 heteroatoms. The molecule has 1 aromatic heterocycles. The van der Waals surface area contributed by atoms with Crippen molar-refractivity contribution in [2.75, 3.05) is 10.6 Å². The number of aromatic nitrogens is 3. The molecule has 1 amide bonds. The zero-order chi connectivity index (χ0) is 23.9. The van der Waals surface area contributed by atoms with E-state index in [4.69, 9.17) is 11.6 Å². The number of benzene rings is 3. The lowest BCUT2D eigenvalue weighted by molar-refractivity contribution is -0.115. The first-order chi connectivity index (χ1) is 16.5. The number of anilines is 2. The van der Waals surface area contributed by atoms with Gasteiger partial charge in [-0.15, -0.1) is 10.2 Å². The van der Waals surface area contributed by atoms with Crippen LogP contribution in [0.15, 0.2) is 84.0 Å². The van der Waals surface area contributed by atoms with Crippen molar-refractivity contribution in [3.05, 3.63) is 101 Å². The van der Waals surface area contributed by atoms with Crippen molar-refractivity contribution in [1.29, 1.82) is 0 Å². The van der Waals surface area contributed by atoms with Crippen LogP contribution >= 0.6 is 23.4 Å². The molecule has 0 saturated carbocycles. The summed E-state index contributed by atoms with van der Waals surface area (Å²) in [6.07, 6.45) is 0. The number of halogens is 1. The van der Waals surface area contributed by atoms with E-state index >= 15 is 0 Å². The van der Waals surface area contributed by atoms with Crippen molar-refractivity contribution in [3.8, 4) is 0 Å². The summed E-state index contributed by atoms with van der Waals surface area (Å²) in [5.41, 5.74) is 4.00. The van der Waals surface area contributed by atoms with Gasteiger partial charge < -0.3 is 15.2 Å². The van der Waals surface area contributed by atoms with Gasteiger partial charge >= 0.3 is 0 Å². The second-order valence-corrected chi connectivity index (χ2v) is 9.69. The minimum atomic E-state index is -0.350. The fourth-order valence-electron chi connectivity index (χ4n) is 3.30. The van der Waals surface area contributed by atoms with Gasteiger partial charge in [0, 0.05) is 16.4 Å². The molecule has 6 nitrogen and oxygen atoms in total. The van der Waals surface area contributed by atoms with Crippen LogP contribution < -0.4 is 10.6 Å². The predicted octanol–water partition coefficient (Wildman–Crippen LogP) is 6.02. The monoisotopic (exact) mass is 491 g/mol. The molecule has 2 N–H and O–H groups in total. The van der Waals surface area contributed by atoms with Gasteiger partial charge in [-0.3, -0.25) is 4.79 Å². The number of nitrogens with zero attached hydrogens (tertiary/aromatic N) is 3. The van der Waals surface area contributed by atoms with Crippen LogP contribution in [-0.4, -0.2) is 25.9 Å². The Labute approximate surface area is 208 Å². The Kier molecular flexibility index (Phi) is 7.87. The molecule has 0 spiro atoms. The van der Waals surface area contributed by atoms with Gasteiger partial charge in [-0.25, -0.2) is 0 Å². The number of nitrogens with one attached hydrogen (secondary N) is 2. The molecular formula is C26H26ClN5OS. The van der Waals surface area contributed by atoms with Gasteiger partial charge in [-0.05, 0) is 55.8 Å². The van der Waals surface area contributed by atoms with Crippen LogP contribution in [0.5, 0.6) is 0 Å². The maximum absolute atomic E-state index is 12.8. The van der Waals surface area contributed by atoms with E-state index in [1.807, 2.05) is 80.6 Å². The number of carbonyl (C=O) groups is 1. The van der Waals surface area contributed by atoms with Gasteiger partial charge in [0.25, 0.3) is 0 Å². The van der Waals surface area contributed by atoms with E-state index in [-0.39, 0.29) is 11.2 Å². The van der Waals surface area contributed by atoms with Gasteiger partial charge in [0.05, 0.1) is 18.3 Å². The molecule has 4 aromatic rings. The predicted molar refractivity (Wildman–Crippen MR) is 139 cm³/mol. The standard InChI is InChI=1S/C26H26ClN5OS/c1-18-8-12-23(13-9-18)29-25(33)19(2)34-26-31-30-24(16-28-22-14-10-21(27)11-15-22)32(26)17-20-6-4-3-5-7-20/h3-15,19,28H,16-17H2,1-2H3,(H,29,33)/t19-/m1/s1. The molecule has 0 fully saturated rings. The maximum Gasteiger partial charge on any atom is 0.237 e. The van der Waals surface area contributed by atoms with Crippen molar-refractivity contribution >= 4 is 40.6 Å². The quantitative estimate of drug-likeness (QED) is 0.280. The van der Waals surface area contributed by atoms with E-state index in [9.17, 15) is 4.79 Å². The van der Waals surface area contributed by atoms with E-state index in [1.165, 1.54) is 11.8 Å². The van der Waals surface area contributed by atoms with Crippen LogP contribution in [0.25, 0.3) is 0 Å². The molecule has 0 unspecified atom stereocenters. The number of rotatable bonds is 9. The second kappa shape index (κ2) is 11.2. The number of amides is 1. The number of thioether (sulfide) groups is 1. The first kappa shape index (κ1) is 23.9. The van der Waals surface area contributed by atoms with Crippen LogP contribution in [0.1, 0.15) is 23.9 Å². The molecule has 0 bridgehead atoms. The molecule has 0 aliphatic heterocycles. The summed E-state index contributed by atoms with van der Waals surface area (Å²) in [4.78, 5) is 12.8. The van der Waals surface area contributed by atoms with Crippen LogP contribution in [-0.2, 0) is 17.9 Å². The lowest BCUT2D eigenvalue weighted by atomic mass is 10.2.